The van der Waals surface area contributed by atoms with Gasteiger partial charge in [0, 0.05) is 0 Å². The second-order valence-electron chi connectivity index (χ2n) is 4.35. The van der Waals surface area contributed by atoms with Crippen LogP contribution in [0.1, 0.15) is 36.0 Å². The first-order valence-corrected chi connectivity index (χ1v) is 6.38. The van der Waals surface area contributed by atoms with Gasteiger partial charge in [-0.1, -0.05) is 12.8 Å². The minimum absolute atomic E-state index is 0.222. The van der Waals surface area contributed by atoms with Crippen LogP contribution < -0.4 is 16.8 Å². The quantitative estimate of drug-likeness (QED) is 0.751. The van der Waals surface area contributed by atoms with Gasteiger partial charge in [0.1, 0.15) is 5.00 Å². The molecule has 5 N–H and O–H groups in total. The normalized spacial score (nSPS) is 17.9. The van der Waals surface area contributed by atoms with Crippen molar-refractivity contribution in [1.82, 2.24) is 0 Å². The van der Waals surface area contributed by atoms with Crippen LogP contribution in [-0.4, -0.2) is 17.4 Å². The van der Waals surface area contributed by atoms with E-state index in [0.717, 1.165) is 12.8 Å². The molecule has 0 saturated heterocycles. The lowest BCUT2D eigenvalue weighted by Gasteiger charge is -2.21. The predicted octanol–water partition coefficient (Wildman–Crippen LogP) is 1.06. The summed E-state index contributed by atoms with van der Waals surface area (Å²) >= 11 is 1.28. The van der Waals surface area contributed by atoms with E-state index in [0.29, 0.717) is 23.4 Å². The average molecular weight is 253 g/mol. The molecule has 1 aliphatic carbocycles. The molecule has 2 rings (SSSR count). The van der Waals surface area contributed by atoms with Crippen molar-refractivity contribution < 1.29 is 9.59 Å². The van der Waals surface area contributed by atoms with Gasteiger partial charge in [-0.2, -0.15) is 0 Å². The highest BCUT2D eigenvalue weighted by atomic mass is 32.1. The monoisotopic (exact) mass is 253 g/mol. The highest BCUT2D eigenvalue weighted by Gasteiger charge is 2.37. The van der Waals surface area contributed by atoms with Gasteiger partial charge in [-0.3, -0.25) is 9.59 Å². The molecule has 1 saturated carbocycles. The van der Waals surface area contributed by atoms with E-state index in [2.05, 4.69) is 5.32 Å². The minimum Gasteiger partial charge on any atom is -0.366 e. The van der Waals surface area contributed by atoms with Crippen LogP contribution in [0.4, 0.5) is 5.00 Å². The molecule has 0 spiro atoms. The van der Waals surface area contributed by atoms with Crippen LogP contribution in [0.3, 0.4) is 0 Å². The van der Waals surface area contributed by atoms with Gasteiger partial charge in [0.15, 0.2) is 0 Å². The third-order valence-corrected chi connectivity index (χ3v) is 3.94. The van der Waals surface area contributed by atoms with Gasteiger partial charge in [-0.25, -0.2) is 0 Å². The maximum Gasteiger partial charge on any atom is 0.251 e. The van der Waals surface area contributed by atoms with Gasteiger partial charge < -0.3 is 16.8 Å². The lowest BCUT2D eigenvalue weighted by molar-refractivity contribution is -0.120. The van der Waals surface area contributed by atoms with E-state index in [9.17, 15) is 9.59 Å². The maximum absolute atomic E-state index is 12.0. The topological polar surface area (TPSA) is 98.2 Å². The summed E-state index contributed by atoms with van der Waals surface area (Å²) in [5.41, 5.74) is 10.8. The lowest BCUT2D eigenvalue weighted by atomic mass is 9.98. The molecule has 0 aliphatic heterocycles. The SMILES string of the molecule is NC(=O)c1ccsc1NC(=O)C1(N)CCCC1. The molecule has 0 aromatic carbocycles. The molecule has 6 heteroatoms. The Morgan fingerprint density at radius 2 is 2.00 bits per heavy atom. The summed E-state index contributed by atoms with van der Waals surface area (Å²) in [5, 5.41) is 4.91. The van der Waals surface area contributed by atoms with E-state index in [1.54, 1.807) is 11.4 Å². The molecular weight excluding hydrogens is 238 g/mol. The molecule has 0 bridgehead atoms. The van der Waals surface area contributed by atoms with Crippen molar-refractivity contribution in [2.75, 3.05) is 5.32 Å². The zero-order chi connectivity index (χ0) is 12.5. The number of hydrogen-bond acceptors (Lipinski definition) is 4. The number of carbonyl (C=O) groups excluding carboxylic acids is 2. The Labute approximate surface area is 103 Å². The van der Waals surface area contributed by atoms with E-state index < -0.39 is 11.4 Å². The molecule has 0 atom stereocenters. The van der Waals surface area contributed by atoms with Crippen molar-refractivity contribution in [3.8, 4) is 0 Å². The summed E-state index contributed by atoms with van der Waals surface area (Å²) in [6.45, 7) is 0. The molecule has 1 aliphatic rings. The number of nitrogens with two attached hydrogens (primary N) is 2. The molecule has 1 heterocycles. The molecule has 92 valence electrons. The van der Waals surface area contributed by atoms with Crippen LogP contribution in [0.15, 0.2) is 11.4 Å². The molecule has 0 unspecified atom stereocenters. The molecule has 0 radical (unpaired) electrons. The second kappa shape index (κ2) is 4.46. The van der Waals surface area contributed by atoms with Gasteiger partial charge in [-0.05, 0) is 24.3 Å². The van der Waals surface area contributed by atoms with Crippen LogP contribution in [0.2, 0.25) is 0 Å². The summed E-state index contributed by atoms with van der Waals surface area (Å²) in [7, 11) is 0. The van der Waals surface area contributed by atoms with Gasteiger partial charge >= 0.3 is 0 Å². The van der Waals surface area contributed by atoms with Crippen LogP contribution in [0.5, 0.6) is 0 Å². The Kier molecular flexibility index (Phi) is 3.17. The average Bonchev–Trinajstić information content (AvgIpc) is 2.87. The summed E-state index contributed by atoms with van der Waals surface area (Å²) in [5.74, 6) is -0.765. The van der Waals surface area contributed by atoms with Gasteiger partial charge in [0.05, 0.1) is 11.1 Å². The molecule has 1 aromatic rings. The number of nitrogens with one attached hydrogen (secondary N) is 1. The van der Waals surface area contributed by atoms with Crippen LogP contribution in [-0.2, 0) is 4.79 Å². The number of hydrogen-bond donors (Lipinski definition) is 3. The number of carbonyl (C=O) groups is 2. The summed E-state index contributed by atoms with van der Waals surface area (Å²) in [6, 6.07) is 1.60. The van der Waals surface area contributed by atoms with Crippen LogP contribution >= 0.6 is 11.3 Å². The Hall–Kier alpha value is -1.40. The Balaban J connectivity index is 2.13. The molecule has 17 heavy (non-hydrogen) atoms. The first kappa shape index (κ1) is 12.1. The maximum atomic E-state index is 12.0. The number of rotatable bonds is 3. The summed E-state index contributed by atoms with van der Waals surface area (Å²) in [6.07, 6.45) is 3.32. The Morgan fingerprint density at radius 3 is 2.59 bits per heavy atom. The highest BCUT2D eigenvalue weighted by Crippen LogP contribution is 2.30. The number of anilines is 1. The fourth-order valence-electron chi connectivity index (χ4n) is 2.06. The number of primary amides is 1. The zero-order valence-electron chi connectivity index (χ0n) is 9.36. The Bertz CT molecular complexity index is 449. The number of thiophene rings is 1. The van der Waals surface area contributed by atoms with Crippen molar-refractivity contribution in [3.63, 3.8) is 0 Å². The Morgan fingerprint density at radius 1 is 1.35 bits per heavy atom. The van der Waals surface area contributed by atoms with E-state index in [1.807, 2.05) is 0 Å². The largest absolute Gasteiger partial charge is 0.366 e. The molecule has 5 nitrogen and oxygen atoms in total. The van der Waals surface area contributed by atoms with Crippen molar-refractivity contribution in [3.05, 3.63) is 17.0 Å². The van der Waals surface area contributed by atoms with Crippen molar-refractivity contribution >= 4 is 28.2 Å². The molecule has 1 fully saturated rings. The van der Waals surface area contributed by atoms with Crippen LogP contribution in [0.25, 0.3) is 0 Å². The van der Waals surface area contributed by atoms with Gasteiger partial charge in [0.25, 0.3) is 5.91 Å². The third kappa shape index (κ3) is 2.32. The summed E-state index contributed by atoms with van der Waals surface area (Å²) in [4.78, 5) is 23.1. The van der Waals surface area contributed by atoms with Crippen molar-refractivity contribution in [2.24, 2.45) is 11.5 Å². The smallest absolute Gasteiger partial charge is 0.251 e. The van der Waals surface area contributed by atoms with Crippen LogP contribution in [0, 0.1) is 0 Å². The van der Waals surface area contributed by atoms with E-state index in [1.165, 1.54) is 11.3 Å². The number of amides is 2. The van der Waals surface area contributed by atoms with E-state index >= 15 is 0 Å². The third-order valence-electron chi connectivity index (χ3n) is 3.11. The van der Waals surface area contributed by atoms with Crippen molar-refractivity contribution in [2.45, 2.75) is 31.2 Å². The van der Waals surface area contributed by atoms with Crippen molar-refractivity contribution in [1.29, 1.82) is 0 Å². The predicted molar refractivity (Wildman–Crippen MR) is 66.9 cm³/mol. The zero-order valence-corrected chi connectivity index (χ0v) is 10.2. The standard InChI is InChI=1S/C11H15N3O2S/c12-8(15)7-3-6-17-9(7)14-10(16)11(13)4-1-2-5-11/h3,6H,1-2,4-5,13H2,(H2,12,15)(H,14,16). The lowest BCUT2D eigenvalue weighted by Crippen LogP contribution is -2.48. The molecule has 1 aromatic heterocycles. The molecule has 2 amide bonds. The fourth-order valence-corrected chi connectivity index (χ4v) is 2.85. The second-order valence-corrected chi connectivity index (χ2v) is 5.26. The first-order valence-electron chi connectivity index (χ1n) is 5.50. The van der Waals surface area contributed by atoms with Gasteiger partial charge in [-0.15, -0.1) is 11.3 Å². The first-order chi connectivity index (χ1) is 8.03. The molecular formula is C11H15N3O2S. The van der Waals surface area contributed by atoms with Gasteiger partial charge in [0.2, 0.25) is 5.91 Å². The summed E-state index contributed by atoms with van der Waals surface area (Å²) < 4.78 is 0. The van der Waals surface area contributed by atoms with E-state index in [-0.39, 0.29) is 5.91 Å². The van der Waals surface area contributed by atoms with E-state index in [4.69, 9.17) is 11.5 Å². The fraction of sp³-hybridized carbons (Fsp3) is 0.455. The minimum atomic E-state index is -0.793. The highest BCUT2D eigenvalue weighted by molar-refractivity contribution is 7.14.